The Balaban J connectivity index is 2.33. The Morgan fingerprint density at radius 2 is 2.31 bits per heavy atom. The molecular weight excluding hydrogens is 238 g/mol. The van der Waals surface area contributed by atoms with Crippen molar-refractivity contribution in [2.24, 2.45) is 0 Å². The first-order chi connectivity index (χ1) is 7.58. The van der Waals surface area contributed by atoms with Crippen LogP contribution in [0.2, 0.25) is 0 Å². The van der Waals surface area contributed by atoms with Gasteiger partial charge in [0, 0.05) is 23.0 Å². The molecule has 0 saturated heterocycles. The minimum atomic E-state index is 0.474. The van der Waals surface area contributed by atoms with E-state index < -0.39 is 0 Å². The maximum Gasteiger partial charge on any atom is 0.177 e. The summed E-state index contributed by atoms with van der Waals surface area (Å²) in [5.74, 6) is 0.474. The van der Waals surface area contributed by atoms with Gasteiger partial charge >= 0.3 is 0 Å². The van der Waals surface area contributed by atoms with Gasteiger partial charge in [-0.1, -0.05) is 13.8 Å². The second-order valence-electron chi connectivity index (χ2n) is 4.11. The van der Waals surface area contributed by atoms with E-state index in [1.165, 1.54) is 10.6 Å². The Kier molecular flexibility index (Phi) is 3.25. The largest absolute Gasteiger partial charge is 0.337 e. The maximum absolute atomic E-state index is 5.29. The van der Waals surface area contributed by atoms with Crippen LogP contribution in [0.1, 0.15) is 35.3 Å². The maximum atomic E-state index is 5.29. The summed E-state index contributed by atoms with van der Waals surface area (Å²) in [6, 6.07) is 0. The van der Waals surface area contributed by atoms with Gasteiger partial charge in [-0.15, -0.1) is 11.3 Å². The topological polar surface area (TPSA) is 33.6 Å². The van der Waals surface area contributed by atoms with Crippen molar-refractivity contribution in [3.05, 3.63) is 32.7 Å². The fourth-order valence-corrected chi connectivity index (χ4v) is 2.70. The molecule has 0 aliphatic heterocycles. The van der Waals surface area contributed by atoms with Crippen molar-refractivity contribution in [2.75, 3.05) is 0 Å². The molecule has 0 amide bonds. The molecule has 1 N–H and O–H groups in total. The number of thiazole rings is 1. The van der Waals surface area contributed by atoms with E-state index in [9.17, 15) is 0 Å². The molecule has 3 nitrogen and oxygen atoms in total. The number of hydrogen-bond donors (Lipinski definition) is 1. The molecular formula is C11H15N3S2. The fourth-order valence-electron chi connectivity index (χ4n) is 1.68. The van der Waals surface area contributed by atoms with E-state index in [4.69, 9.17) is 12.2 Å². The number of nitrogens with zero attached hydrogens (tertiary/aromatic N) is 2. The fraction of sp³-hybridized carbons (Fsp3) is 0.455. The lowest BCUT2D eigenvalue weighted by Gasteiger charge is -2.09. The Hall–Kier alpha value is -0.940. The molecule has 0 atom stereocenters. The number of H-pyrrole nitrogens is 1. The lowest BCUT2D eigenvalue weighted by molar-refractivity contribution is 0.689. The number of rotatable bonds is 3. The predicted octanol–water partition coefficient (Wildman–Crippen LogP) is 3.48. The van der Waals surface area contributed by atoms with Gasteiger partial charge in [0.1, 0.15) is 0 Å². The van der Waals surface area contributed by atoms with Gasteiger partial charge in [0.05, 0.1) is 11.6 Å². The third kappa shape index (κ3) is 2.25. The van der Waals surface area contributed by atoms with Gasteiger partial charge in [-0.25, -0.2) is 4.98 Å². The van der Waals surface area contributed by atoms with Gasteiger partial charge in [0.15, 0.2) is 4.77 Å². The molecule has 0 aliphatic rings. The Morgan fingerprint density at radius 1 is 1.56 bits per heavy atom. The standard InChI is InChI=1S/C11H15N3S2/c1-7(2)10-5-13-11(15)14(10)6-9-4-12-8(3)16-9/h4-5,7H,6H2,1-3H3,(H,13,15). The van der Waals surface area contributed by atoms with Crippen LogP contribution in [0.4, 0.5) is 0 Å². The third-order valence-electron chi connectivity index (χ3n) is 2.47. The van der Waals surface area contributed by atoms with Crippen LogP contribution in [0.25, 0.3) is 0 Å². The molecule has 2 aromatic heterocycles. The summed E-state index contributed by atoms with van der Waals surface area (Å²) in [6.45, 7) is 7.19. The number of imidazole rings is 1. The third-order valence-corrected chi connectivity index (χ3v) is 3.71. The Bertz CT molecular complexity index is 533. The van der Waals surface area contributed by atoms with Crippen molar-refractivity contribution in [2.45, 2.75) is 33.2 Å². The summed E-state index contributed by atoms with van der Waals surface area (Å²) in [5.41, 5.74) is 1.25. The van der Waals surface area contributed by atoms with Crippen LogP contribution < -0.4 is 0 Å². The van der Waals surface area contributed by atoms with Crippen LogP contribution in [-0.2, 0) is 6.54 Å². The van der Waals surface area contributed by atoms with Gasteiger partial charge < -0.3 is 9.55 Å². The summed E-state index contributed by atoms with van der Waals surface area (Å²) in [4.78, 5) is 8.62. The second-order valence-corrected chi connectivity index (χ2v) is 5.81. The van der Waals surface area contributed by atoms with Crippen LogP contribution in [0.3, 0.4) is 0 Å². The first-order valence-electron chi connectivity index (χ1n) is 5.27. The molecule has 0 aliphatic carbocycles. The average molecular weight is 253 g/mol. The van der Waals surface area contributed by atoms with Crippen LogP contribution in [0.5, 0.6) is 0 Å². The van der Waals surface area contributed by atoms with E-state index in [-0.39, 0.29) is 0 Å². The number of hydrogen-bond acceptors (Lipinski definition) is 3. The number of aromatic nitrogens is 3. The average Bonchev–Trinajstić information content (AvgIpc) is 2.76. The molecule has 16 heavy (non-hydrogen) atoms. The van der Waals surface area contributed by atoms with Crippen molar-refractivity contribution < 1.29 is 0 Å². The first kappa shape index (κ1) is 11.5. The van der Waals surface area contributed by atoms with Crippen molar-refractivity contribution >= 4 is 23.6 Å². The SMILES string of the molecule is Cc1ncc(Cn2c(C(C)C)c[nH]c2=S)s1. The summed E-state index contributed by atoms with van der Waals surface area (Å²) in [7, 11) is 0. The number of aryl methyl sites for hydroxylation is 1. The van der Waals surface area contributed by atoms with Gasteiger partial charge in [-0.3, -0.25) is 0 Å². The predicted molar refractivity (Wildman–Crippen MR) is 69.7 cm³/mol. The van der Waals surface area contributed by atoms with Crippen molar-refractivity contribution in [3.63, 3.8) is 0 Å². The minimum Gasteiger partial charge on any atom is -0.337 e. The van der Waals surface area contributed by atoms with Gasteiger partial charge in [-0.2, -0.15) is 0 Å². The Morgan fingerprint density at radius 3 is 2.88 bits per heavy atom. The highest BCUT2D eigenvalue weighted by molar-refractivity contribution is 7.71. The molecule has 0 radical (unpaired) electrons. The molecule has 0 bridgehead atoms. The molecule has 0 aromatic carbocycles. The second kappa shape index (κ2) is 4.51. The van der Waals surface area contributed by atoms with Crippen molar-refractivity contribution in [1.82, 2.24) is 14.5 Å². The molecule has 2 heterocycles. The molecule has 0 fully saturated rings. The molecule has 0 unspecified atom stereocenters. The van der Waals surface area contributed by atoms with Crippen LogP contribution in [-0.4, -0.2) is 14.5 Å². The number of nitrogens with one attached hydrogen (secondary N) is 1. The van der Waals surface area contributed by atoms with Gasteiger partial charge in [0.25, 0.3) is 0 Å². The first-order valence-corrected chi connectivity index (χ1v) is 6.50. The van der Waals surface area contributed by atoms with E-state index in [0.717, 1.165) is 16.3 Å². The minimum absolute atomic E-state index is 0.474. The van der Waals surface area contributed by atoms with Crippen molar-refractivity contribution in [1.29, 1.82) is 0 Å². The summed E-state index contributed by atoms with van der Waals surface area (Å²) >= 11 is 7.01. The molecule has 2 rings (SSSR count). The highest BCUT2D eigenvalue weighted by Gasteiger charge is 2.09. The van der Waals surface area contributed by atoms with Gasteiger partial charge in [-0.05, 0) is 25.1 Å². The van der Waals surface area contributed by atoms with E-state index in [1.54, 1.807) is 11.3 Å². The van der Waals surface area contributed by atoms with E-state index >= 15 is 0 Å². The van der Waals surface area contributed by atoms with E-state index in [0.29, 0.717) is 5.92 Å². The summed E-state index contributed by atoms with van der Waals surface area (Å²) in [6.07, 6.45) is 3.93. The van der Waals surface area contributed by atoms with Gasteiger partial charge in [0.2, 0.25) is 0 Å². The molecule has 5 heteroatoms. The lowest BCUT2D eigenvalue weighted by Crippen LogP contribution is -2.04. The van der Waals surface area contributed by atoms with Crippen LogP contribution >= 0.6 is 23.6 Å². The molecule has 86 valence electrons. The zero-order chi connectivity index (χ0) is 11.7. The van der Waals surface area contributed by atoms with E-state index in [1.807, 2.05) is 19.3 Å². The van der Waals surface area contributed by atoms with E-state index in [2.05, 4.69) is 28.4 Å². The highest BCUT2D eigenvalue weighted by Crippen LogP contribution is 2.19. The number of aromatic amines is 1. The zero-order valence-corrected chi connectivity index (χ0v) is 11.3. The molecule has 0 spiro atoms. The quantitative estimate of drug-likeness (QED) is 0.850. The van der Waals surface area contributed by atoms with Crippen LogP contribution in [0, 0.1) is 11.7 Å². The monoisotopic (exact) mass is 253 g/mol. The highest BCUT2D eigenvalue weighted by atomic mass is 32.1. The summed E-state index contributed by atoms with van der Waals surface area (Å²) < 4.78 is 2.93. The van der Waals surface area contributed by atoms with Crippen LogP contribution in [0.15, 0.2) is 12.4 Å². The smallest absolute Gasteiger partial charge is 0.177 e. The summed E-state index contributed by atoms with van der Waals surface area (Å²) in [5, 5.41) is 1.10. The zero-order valence-electron chi connectivity index (χ0n) is 9.65. The Labute approximate surface area is 104 Å². The lowest BCUT2D eigenvalue weighted by atomic mass is 10.1. The van der Waals surface area contributed by atoms with Crippen molar-refractivity contribution in [3.8, 4) is 0 Å². The molecule has 2 aromatic rings. The normalized spacial score (nSPS) is 11.2. The molecule has 0 saturated carbocycles.